The van der Waals surface area contributed by atoms with Gasteiger partial charge in [-0.15, -0.1) is 0 Å². The maximum Gasteiger partial charge on any atom is 0.161 e. The van der Waals surface area contributed by atoms with Gasteiger partial charge in [0.25, 0.3) is 0 Å². The van der Waals surface area contributed by atoms with Gasteiger partial charge >= 0.3 is 0 Å². The van der Waals surface area contributed by atoms with Gasteiger partial charge in [0.1, 0.15) is 18.3 Å². The summed E-state index contributed by atoms with van der Waals surface area (Å²) in [7, 11) is 1.57. The van der Waals surface area contributed by atoms with Crippen LogP contribution in [0.3, 0.4) is 0 Å². The second-order valence-electron chi connectivity index (χ2n) is 4.66. The van der Waals surface area contributed by atoms with Gasteiger partial charge in [-0.05, 0) is 36.8 Å². The molecule has 0 aliphatic rings. The highest BCUT2D eigenvalue weighted by Gasteiger charge is 2.10. The molecular formula is C16H17FN2O2. The summed E-state index contributed by atoms with van der Waals surface area (Å²) in [6.07, 6.45) is 0. The molecule has 0 aromatic heterocycles. The average molecular weight is 288 g/mol. The van der Waals surface area contributed by atoms with Crippen molar-refractivity contribution in [3.8, 4) is 11.5 Å². The molecule has 0 heterocycles. The summed E-state index contributed by atoms with van der Waals surface area (Å²) >= 11 is 0. The summed E-state index contributed by atoms with van der Waals surface area (Å²) in [5, 5.41) is 7.49. The number of benzene rings is 2. The minimum atomic E-state index is -0.433. The minimum Gasteiger partial charge on any atom is -0.493 e. The van der Waals surface area contributed by atoms with Gasteiger partial charge in [0.2, 0.25) is 0 Å². The number of methoxy groups -OCH3 is 1. The topological polar surface area (TPSA) is 68.3 Å². The van der Waals surface area contributed by atoms with Crippen molar-refractivity contribution in [3.63, 3.8) is 0 Å². The number of nitrogen functional groups attached to an aromatic ring is 1. The van der Waals surface area contributed by atoms with Crippen molar-refractivity contribution in [1.82, 2.24) is 0 Å². The lowest BCUT2D eigenvalue weighted by molar-refractivity contribution is 0.284. The molecule has 4 nitrogen and oxygen atoms in total. The first-order valence-electron chi connectivity index (χ1n) is 6.41. The van der Waals surface area contributed by atoms with Crippen molar-refractivity contribution in [1.29, 1.82) is 5.41 Å². The molecule has 0 spiro atoms. The van der Waals surface area contributed by atoms with Gasteiger partial charge < -0.3 is 15.2 Å². The quantitative estimate of drug-likeness (QED) is 0.656. The molecule has 2 aromatic rings. The van der Waals surface area contributed by atoms with Crippen LogP contribution in [0.1, 0.15) is 16.7 Å². The second kappa shape index (κ2) is 6.26. The van der Waals surface area contributed by atoms with E-state index in [1.54, 1.807) is 13.2 Å². The molecule has 110 valence electrons. The summed E-state index contributed by atoms with van der Waals surface area (Å²) < 4.78 is 24.2. The van der Waals surface area contributed by atoms with Gasteiger partial charge in [0.15, 0.2) is 11.5 Å². The normalized spacial score (nSPS) is 10.2. The molecule has 0 saturated heterocycles. The lowest BCUT2D eigenvalue weighted by Crippen LogP contribution is -2.15. The van der Waals surface area contributed by atoms with Crippen LogP contribution in [-0.4, -0.2) is 12.9 Å². The highest BCUT2D eigenvalue weighted by atomic mass is 19.1. The summed E-state index contributed by atoms with van der Waals surface area (Å²) in [5.74, 6) is 0.587. The predicted molar refractivity (Wildman–Crippen MR) is 79.5 cm³/mol. The van der Waals surface area contributed by atoms with Crippen LogP contribution in [0.15, 0.2) is 36.4 Å². The maximum absolute atomic E-state index is 13.2. The Hall–Kier alpha value is -2.56. The zero-order valence-corrected chi connectivity index (χ0v) is 11.9. The van der Waals surface area contributed by atoms with E-state index in [1.165, 1.54) is 12.1 Å². The monoisotopic (exact) mass is 288 g/mol. The number of nitrogens with one attached hydrogen (secondary N) is 1. The number of nitrogens with two attached hydrogens (primary N) is 1. The minimum absolute atomic E-state index is 0.175. The van der Waals surface area contributed by atoms with Gasteiger partial charge in [-0.3, -0.25) is 5.41 Å². The van der Waals surface area contributed by atoms with Crippen LogP contribution in [0.5, 0.6) is 11.5 Å². The van der Waals surface area contributed by atoms with Crippen LogP contribution in [0, 0.1) is 18.2 Å². The van der Waals surface area contributed by atoms with Gasteiger partial charge in [0, 0.05) is 11.1 Å². The Morgan fingerprint density at radius 3 is 2.62 bits per heavy atom. The molecule has 5 heteroatoms. The van der Waals surface area contributed by atoms with E-state index in [4.69, 9.17) is 20.6 Å². The number of rotatable bonds is 5. The van der Waals surface area contributed by atoms with Crippen molar-refractivity contribution in [2.24, 2.45) is 5.73 Å². The third-order valence-electron chi connectivity index (χ3n) is 3.06. The van der Waals surface area contributed by atoms with Crippen LogP contribution in [0.4, 0.5) is 4.39 Å². The largest absolute Gasteiger partial charge is 0.493 e. The standard InChI is InChI=1S/C16H17FN2O2/c1-10-3-6-14(15(7-10)20-2)21-9-11-4-5-12(17)8-13(11)16(18)19/h3-8H,9H2,1-2H3,(H3,18,19). The van der Waals surface area contributed by atoms with Crippen LogP contribution >= 0.6 is 0 Å². The first-order chi connectivity index (χ1) is 10.0. The Kier molecular flexibility index (Phi) is 4.42. The Morgan fingerprint density at radius 2 is 1.95 bits per heavy atom. The zero-order valence-electron chi connectivity index (χ0n) is 11.9. The molecule has 0 aliphatic heterocycles. The molecule has 0 atom stereocenters. The van der Waals surface area contributed by atoms with Gasteiger partial charge in [-0.25, -0.2) is 4.39 Å². The Morgan fingerprint density at radius 1 is 1.19 bits per heavy atom. The number of hydrogen-bond donors (Lipinski definition) is 2. The van der Waals surface area contributed by atoms with E-state index in [2.05, 4.69) is 0 Å². The summed E-state index contributed by atoms with van der Waals surface area (Å²) in [4.78, 5) is 0. The van der Waals surface area contributed by atoms with Gasteiger partial charge in [-0.1, -0.05) is 12.1 Å². The molecule has 2 rings (SSSR count). The fourth-order valence-corrected chi connectivity index (χ4v) is 1.97. The third-order valence-corrected chi connectivity index (χ3v) is 3.06. The summed E-state index contributed by atoms with van der Waals surface area (Å²) in [6, 6.07) is 9.70. The van der Waals surface area contributed by atoms with Crippen LogP contribution in [0.25, 0.3) is 0 Å². The smallest absolute Gasteiger partial charge is 0.161 e. The molecule has 0 radical (unpaired) electrons. The maximum atomic E-state index is 13.2. The number of aryl methyl sites for hydroxylation is 1. The number of ether oxygens (including phenoxy) is 2. The fourth-order valence-electron chi connectivity index (χ4n) is 1.97. The predicted octanol–water partition coefficient (Wildman–Crippen LogP) is 3.01. The first kappa shape index (κ1) is 14.8. The van der Waals surface area contributed by atoms with E-state index in [-0.39, 0.29) is 12.4 Å². The van der Waals surface area contributed by atoms with Crippen LogP contribution in [0.2, 0.25) is 0 Å². The molecule has 21 heavy (non-hydrogen) atoms. The highest BCUT2D eigenvalue weighted by Crippen LogP contribution is 2.28. The molecule has 0 saturated carbocycles. The fraction of sp³-hybridized carbons (Fsp3) is 0.188. The highest BCUT2D eigenvalue weighted by molar-refractivity contribution is 5.96. The van der Waals surface area contributed by atoms with E-state index in [0.29, 0.717) is 22.6 Å². The van der Waals surface area contributed by atoms with Gasteiger partial charge in [0.05, 0.1) is 7.11 Å². The number of amidine groups is 1. The van der Waals surface area contributed by atoms with Crippen LogP contribution < -0.4 is 15.2 Å². The Labute approximate surface area is 122 Å². The molecule has 0 fully saturated rings. The molecule has 0 bridgehead atoms. The number of hydrogen-bond acceptors (Lipinski definition) is 3. The van der Waals surface area contributed by atoms with Crippen molar-refractivity contribution in [2.75, 3.05) is 7.11 Å². The third kappa shape index (κ3) is 3.51. The average Bonchev–Trinajstić information content (AvgIpc) is 2.46. The van der Waals surface area contributed by atoms with E-state index in [1.807, 2.05) is 25.1 Å². The lowest BCUT2D eigenvalue weighted by atomic mass is 10.1. The van der Waals surface area contributed by atoms with E-state index in [0.717, 1.165) is 5.56 Å². The summed E-state index contributed by atoms with van der Waals surface area (Å²) in [6.45, 7) is 2.13. The molecular weight excluding hydrogens is 271 g/mol. The van der Waals surface area contributed by atoms with E-state index < -0.39 is 5.82 Å². The lowest BCUT2D eigenvalue weighted by Gasteiger charge is -2.13. The first-order valence-corrected chi connectivity index (χ1v) is 6.41. The molecule has 2 aromatic carbocycles. The molecule has 0 amide bonds. The summed E-state index contributed by atoms with van der Waals surface area (Å²) in [5.41, 5.74) is 7.50. The Bertz CT molecular complexity index is 671. The zero-order chi connectivity index (χ0) is 15.4. The van der Waals surface area contributed by atoms with Crippen molar-refractivity contribution >= 4 is 5.84 Å². The van der Waals surface area contributed by atoms with Crippen LogP contribution in [-0.2, 0) is 6.61 Å². The molecule has 0 aliphatic carbocycles. The van der Waals surface area contributed by atoms with E-state index in [9.17, 15) is 4.39 Å². The SMILES string of the molecule is COc1cc(C)ccc1OCc1ccc(F)cc1C(=N)N. The van der Waals surface area contributed by atoms with E-state index >= 15 is 0 Å². The van der Waals surface area contributed by atoms with Crippen molar-refractivity contribution < 1.29 is 13.9 Å². The van der Waals surface area contributed by atoms with Crippen molar-refractivity contribution in [2.45, 2.75) is 13.5 Å². The molecule has 3 N–H and O–H groups in total. The molecule has 0 unspecified atom stereocenters. The van der Waals surface area contributed by atoms with Gasteiger partial charge in [-0.2, -0.15) is 0 Å². The van der Waals surface area contributed by atoms with Crippen molar-refractivity contribution in [3.05, 3.63) is 58.9 Å². The number of halogens is 1. The Balaban J connectivity index is 2.22. The second-order valence-corrected chi connectivity index (χ2v) is 4.66.